The van der Waals surface area contributed by atoms with Gasteiger partial charge in [-0.2, -0.15) is 0 Å². The van der Waals surface area contributed by atoms with Gasteiger partial charge in [-0.1, -0.05) is 262 Å². The number of carbonyl (C=O) groups excluding carboxylic acids is 2. The van der Waals surface area contributed by atoms with E-state index in [9.17, 15) is 35.1 Å². The zero-order chi connectivity index (χ0) is 62.4. The number of rotatable bonds is 55. The third kappa shape index (κ3) is 47.4. The Kier molecular flexibility index (Phi) is 55.8. The highest BCUT2D eigenvalue weighted by atomic mass is 16.7. The van der Waals surface area contributed by atoms with Crippen molar-refractivity contribution >= 4 is 11.9 Å². The molecule has 1 aliphatic heterocycles. The lowest BCUT2D eigenvalue weighted by Crippen LogP contribution is -2.61. The van der Waals surface area contributed by atoms with Gasteiger partial charge in [0.25, 0.3) is 0 Å². The number of nitrogens with one attached hydrogen (secondary N) is 1. The largest absolute Gasteiger partial charge is 0.454 e. The number of hydrogen-bond acceptors (Lipinski definition) is 10. The standard InChI is InChI=1S/C75H121NO10/c1-4-7-10-13-16-19-22-25-27-29-31-33-34-35-36-37-39-41-43-45-48-51-54-57-60-63-70(80)86-73-72(82)71(81)69(64-77)85-75(73)84-65-66(67(78)61-58-55-52-49-46-24-21-18-15-12-9-6-3)76-74(83)68(79)62-59-56-53-50-47-44-42-40-38-32-30-28-26-23-20-17-14-11-8-5-2/h7-8,10-11,16-17,19-20,25-28,31-33,35-36,38-39,41-42,44,50,53,58,61,66-69,71-73,75,77-79,81-82H,4-6,9,12-15,18,21-24,29-30,34,37,40,43,45-49,51-52,54-57,59-60,62-65H2,1-3H3,(H,76,83)/b10-7-,11-8-,19-16-,20-17-,27-25-,28-26-,33-31-,36-35-,38-32-,41-39-,44-42-,53-50-,61-58+. The van der Waals surface area contributed by atoms with Crippen LogP contribution in [0.5, 0.6) is 0 Å². The molecule has 8 unspecified atom stereocenters. The van der Waals surface area contributed by atoms with Crippen LogP contribution in [0.4, 0.5) is 0 Å². The van der Waals surface area contributed by atoms with Crippen molar-refractivity contribution in [3.05, 3.63) is 158 Å². The molecule has 1 aliphatic rings. The molecule has 1 fully saturated rings. The van der Waals surface area contributed by atoms with Crippen molar-refractivity contribution in [3.63, 3.8) is 0 Å². The van der Waals surface area contributed by atoms with Gasteiger partial charge in [0.2, 0.25) is 5.91 Å². The molecule has 11 heteroatoms. The lowest BCUT2D eigenvalue weighted by Gasteiger charge is -2.41. The summed E-state index contributed by atoms with van der Waals surface area (Å²) in [6, 6.07) is -1.06. The van der Waals surface area contributed by atoms with E-state index in [1.54, 1.807) is 6.08 Å². The first-order valence-electron chi connectivity index (χ1n) is 33.8. The molecule has 0 aromatic rings. The molecule has 486 valence electrons. The van der Waals surface area contributed by atoms with Crippen LogP contribution in [0.2, 0.25) is 0 Å². The van der Waals surface area contributed by atoms with Gasteiger partial charge in [0, 0.05) is 6.42 Å². The summed E-state index contributed by atoms with van der Waals surface area (Å²) in [4.78, 5) is 26.6. The molecule has 0 aromatic carbocycles. The summed E-state index contributed by atoms with van der Waals surface area (Å²) in [6.07, 6.45) is 78.5. The number of aliphatic hydroxyl groups excluding tert-OH is 5. The van der Waals surface area contributed by atoms with Crippen molar-refractivity contribution in [1.29, 1.82) is 0 Å². The smallest absolute Gasteiger partial charge is 0.306 e. The van der Waals surface area contributed by atoms with Gasteiger partial charge in [0.1, 0.15) is 24.4 Å². The maximum absolute atomic E-state index is 13.4. The zero-order valence-electron chi connectivity index (χ0n) is 53.9. The maximum Gasteiger partial charge on any atom is 0.306 e. The van der Waals surface area contributed by atoms with Gasteiger partial charge in [-0.05, 0) is 128 Å². The first kappa shape index (κ1) is 79.3. The molecule has 8 atom stereocenters. The van der Waals surface area contributed by atoms with E-state index in [0.717, 1.165) is 141 Å². The van der Waals surface area contributed by atoms with Crippen LogP contribution in [0.25, 0.3) is 0 Å². The Balaban J connectivity index is 2.67. The molecule has 86 heavy (non-hydrogen) atoms. The van der Waals surface area contributed by atoms with Crippen LogP contribution in [0.15, 0.2) is 158 Å². The van der Waals surface area contributed by atoms with E-state index in [-0.39, 0.29) is 19.4 Å². The molecule has 1 amide bonds. The molecule has 1 heterocycles. The Morgan fingerprint density at radius 2 is 0.837 bits per heavy atom. The highest BCUT2D eigenvalue weighted by molar-refractivity contribution is 5.80. The number of carbonyl (C=O) groups is 2. The number of aliphatic hydroxyl groups is 5. The third-order valence-corrected chi connectivity index (χ3v) is 14.7. The van der Waals surface area contributed by atoms with Gasteiger partial charge in [0.15, 0.2) is 12.4 Å². The second kappa shape index (κ2) is 60.6. The van der Waals surface area contributed by atoms with Crippen molar-refractivity contribution in [2.75, 3.05) is 13.2 Å². The second-order valence-electron chi connectivity index (χ2n) is 22.4. The molecule has 0 aromatic heterocycles. The monoisotopic (exact) mass is 1200 g/mol. The number of hydrogen-bond donors (Lipinski definition) is 6. The Morgan fingerprint density at radius 3 is 1.26 bits per heavy atom. The van der Waals surface area contributed by atoms with E-state index < -0.39 is 67.4 Å². The van der Waals surface area contributed by atoms with Crippen molar-refractivity contribution in [2.24, 2.45) is 0 Å². The van der Waals surface area contributed by atoms with Gasteiger partial charge in [-0.3, -0.25) is 9.59 Å². The summed E-state index contributed by atoms with van der Waals surface area (Å²) >= 11 is 0. The molecule has 11 nitrogen and oxygen atoms in total. The average Bonchev–Trinajstić information content (AvgIpc) is 3.39. The molecule has 0 radical (unpaired) electrons. The van der Waals surface area contributed by atoms with Crippen molar-refractivity contribution in [2.45, 2.75) is 288 Å². The van der Waals surface area contributed by atoms with E-state index in [0.29, 0.717) is 19.3 Å². The lowest BCUT2D eigenvalue weighted by molar-refractivity contribution is -0.305. The number of ether oxygens (including phenoxy) is 3. The molecule has 0 saturated carbocycles. The number of esters is 1. The minimum absolute atomic E-state index is 0.0905. The quantitative estimate of drug-likeness (QED) is 0.0195. The van der Waals surface area contributed by atoms with Crippen molar-refractivity contribution < 1.29 is 49.3 Å². The average molecular weight is 1200 g/mol. The highest BCUT2D eigenvalue weighted by Gasteiger charge is 2.47. The maximum atomic E-state index is 13.4. The summed E-state index contributed by atoms with van der Waals surface area (Å²) in [5, 5.41) is 57.1. The molecule has 0 aliphatic carbocycles. The van der Waals surface area contributed by atoms with Crippen LogP contribution in [0.1, 0.15) is 239 Å². The van der Waals surface area contributed by atoms with Crippen molar-refractivity contribution in [3.8, 4) is 0 Å². The first-order valence-corrected chi connectivity index (χ1v) is 33.8. The van der Waals surface area contributed by atoms with Gasteiger partial charge in [-0.25, -0.2) is 0 Å². The topological polar surface area (TPSA) is 175 Å². The van der Waals surface area contributed by atoms with Crippen LogP contribution in [-0.2, 0) is 23.8 Å². The summed E-state index contributed by atoms with van der Waals surface area (Å²) in [5.41, 5.74) is 0. The van der Waals surface area contributed by atoms with E-state index in [1.165, 1.54) is 44.9 Å². The third-order valence-electron chi connectivity index (χ3n) is 14.7. The zero-order valence-corrected chi connectivity index (χ0v) is 53.9. The van der Waals surface area contributed by atoms with E-state index in [4.69, 9.17) is 14.2 Å². The van der Waals surface area contributed by atoms with Crippen LogP contribution < -0.4 is 5.32 Å². The Hall–Kier alpha value is -4.72. The predicted octanol–water partition coefficient (Wildman–Crippen LogP) is 17.1. The summed E-state index contributed by atoms with van der Waals surface area (Å²) in [7, 11) is 0. The second-order valence-corrected chi connectivity index (χ2v) is 22.4. The fourth-order valence-corrected chi connectivity index (χ4v) is 9.43. The van der Waals surface area contributed by atoms with Gasteiger partial charge < -0.3 is 45.1 Å². The number of unbranched alkanes of at least 4 members (excludes halogenated alkanes) is 17. The minimum Gasteiger partial charge on any atom is -0.454 e. The highest BCUT2D eigenvalue weighted by Crippen LogP contribution is 2.26. The molecule has 0 bridgehead atoms. The van der Waals surface area contributed by atoms with Crippen molar-refractivity contribution in [1.82, 2.24) is 5.32 Å². The fraction of sp³-hybridized carbons (Fsp3) is 0.627. The van der Waals surface area contributed by atoms with Gasteiger partial charge in [-0.15, -0.1) is 0 Å². The Bertz CT molecular complexity index is 2010. The molecular formula is C75H121NO10. The molecule has 0 spiro atoms. The lowest BCUT2D eigenvalue weighted by atomic mass is 9.99. The van der Waals surface area contributed by atoms with E-state index in [1.807, 2.05) is 12.2 Å². The summed E-state index contributed by atoms with van der Waals surface area (Å²) < 4.78 is 17.6. The molecule has 1 saturated heterocycles. The summed E-state index contributed by atoms with van der Waals surface area (Å²) in [5.74, 6) is -1.27. The normalized spacial score (nSPS) is 19.4. The van der Waals surface area contributed by atoms with Crippen LogP contribution in [0, 0.1) is 0 Å². The fourth-order valence-electron chi connectivity index (χ4n) is 9.43. The van der Waals surface area contributed by atoms with E-state index >= 15 is 0 Å². The Labute approximate surface area is 523 Å². The SMILES string of the molecule is CC/C=C\C/C=C\C/C=C\C/C=C\C/C=C\C/C=C\CCCCCCCCC(=O)OC1C(OCC(NC(=O)C(O)CCC/C=C\C/C=C\C/C=C\C/C=C\C/C=C\C/C=C\CC)C(O)/C=C/CCCCCCCCCCCC)OC(CO)C(O)C1O. The summed E-state index contributed by atoms with van der Waals surface area (Å²) in [6.45, 7) is 5.52. The van der Waals surface area contributed by atoms with Crippen LogP contribution >= 0.6 is 0 Å². The number of amides is 1. The van der Waals surface area contributed by atoms with Crippen LogP contribution in [0.3, 0.4) is 0 Å². The predicted molar refractivity (Wildman–Crippen MR) is 360 cm³/mol. The van der Waals surface area contributed by atoms with Gasteiger partial charge in [0.05, 0.1) is 25.4 Å². The molecular weight excluding hydrogens is 1070 g/mol. The number of allylic oxidation sites excluding steroid dienone is 25. The molecule has 1 rings (SSSR count). The van der Waals surface area contributed by atoms with Crippen LogP contribution in [-0.4, -0.2) is 99.6 Å². The minimum atomic E-state index is -1.64. The Morgan fingerprint density at radius 1 is 0.465 bits per heavy atom. The van der Waals surface area contributed by atoms with Gasteiger partial charge >= 0.3 is 5.97 Å². The first-order chi connectivity index (χ1) is 42.2. The molecule has 6 N–H and O–H groups in total. The van der Waals surface area contributed by atoms with E-state index in [2.05, 4.69) is 166 Å².